The lowest BCUT2D eigenvalue weighted by atomic mass is 10.2. The second-order valence-corrected chi connectivity index (χ2v) is 7.71. The van der Waals surface area contributed by atoms with Crippen LogP contribution in [0.5, 0.6) is 0 Å². The van der Waals surface area contributed by atoms with E-state index in [1.54, 1.807) is 34.5 Å². The Labute approximate surface area is 171 Å². The van der Waals surface area contributed by atoms with E-state index >= 15 is 0 Å². The Morgan fingerprint density at radius 2 is 1.83 bits per heavy atom. The molecule has 0 radical (unpaired) electrons. The van der Waals surface area contributed by atoms with Crippen LogP contribution in [0.25, 0.3) is 17.1 Å². The normalized spacial score (nSPS) is 11.7. The third kappa shape index (κ3) is 2.97. The van der Waals surface area contributed by atoms with Gasteiger partial charge in [0.2, 0.25) is 5.95 Å². The molecule has 3 heterocycles. The summed E-state index contributed by atoms with van der Waals surface area (Å²) >= 11 is 0. The van der Waals surface area contributed by atoms with Crippen LogP contribution >= 0.6 is 0 Å². The quantitative estimate of drug-likeness (QED) is 0.518. The number of nitrogens with zero attached hydrogens (tertiary/aromatic N) is 6. The fraction of sp³-hybridized carbons (Fsp3) is 0.333. The SMILES string of the molecule is Cc1cc(C)n(-c2nc3c(c(=O)n(Cc4ccccc4F)c(=O)n3C)n2C(C)C)n1. The lowest BCUT2D eigenvalue weighted by Gasteiger charge is -2.14. The third-order valence-corrected chi connectivity index (χ3v) is 5.16. The van der Waals surface area contributed by atoms with E-state index in [2.05, 4.69) is 10.1 Å². The molecule has 9 heteroatoms. The van der Waals surface area contributed by atoms with Crippen LogP contribution in [-0.4, -0.2) is 28.5 Å². The van der Waals surface area contributed by atoms with Gasteiger partial charge in [0, 0.05) is 24.3 Å². The van der Waals surface area contributed by atoms with Crippen LogP contribution in [0, 0.1) is 19.7 Å². The van der Waals surface area contributed by atoms with Crippen molar-refractivity contribution >= 4 is 11.2 Å². The lowest BCUT2D eigenvalue weighted by Crippen LogP contribution is -2.40. The molecular formula is C21H23FN6O2. The molecule has 156 valence electrons. The topological polar surface area (TPSA) is 79.6 Å². The van der Waals surface area contributed by atoms with E-state index in [9.17, 15) is 14.0 Å². The van der Waals surface area contributed by atoms with Crippen LogP contribution in [0.3, 0.4) is 0 Å². The number of hydrogen-bond acceptors (Lipinski definition) is 4. The van der Waals surface area contributed by atoms with Crippen molar-refractivity contribution in [1.29, 1.82) is 0 Å². The Bertz CT molecular complexity index is 1390. The summed E-state index contributed by atoms with van der Waals surface area (Å²) in [6.07, 6.45) is 0. The molecule has 3 aromatic heterocycles. The predicted octanol–water partition coefficient (Wildman–Crippen LogP) is 2.47. The maximum absolute atomic E-state index is 14.2. The first-order valence-electron chi connectivity index (χ1n) is 9.69. The molecule has 4 aromatic rings. The predicted molar refractivity (Wildman–Crippen MR) is 112 cm³/mol. The molecule has 0 amide bonds. The van der Waals surface area contributed by atoms with Gasteiger partial charge in [0.25, 0.3) is 5.56 Å². The van der Waals surface area contributed by atoms with Crippen LogP contribution in [0.4, 0.5) is 4.39 Å². The van der Waals surface area contributed by atoms with E-state index in [0.29, 0.717) is 5.95 Å². The highest BCUT2D eigenvalue weighted by molar-refractivity contribution is 5.73. The Morgan fingerprint density at radius 1 is 1.13 bits per heavy atom. The van der Waals surface area contributed by atoms with Crippen molar-refractivity contribution in [3.63, 3.8) is 0 Å². The zero-order valence-corrected chi connectivity index (χ0v) is 17.5. The Kier molecular flexibility index (Phi) is 4.68. The summed E-state index contributed by atoms with van der Waals surface area (Å²) in [5.41, 5.74) is 1.44. The summed E-state index contributed by atoms with van der Waals surface area (Å²) < 4.78 is 20.0. The van der Waals surface area contributed by atoms with Gasteiger partial charge in [-0.3, -0.25) is 18.5 Å². The summed E-state index contributed by atoms with van der Waals surface area (Å²) in [5.74, 6) is -0.00594. The van der Waals surface area contributed by atoms with Gasteiger partial charge in [-0.25, -0.2) is 13.9 Å². The van der Waals surface area contributed by atoms with E-state index in [-0.39, 0.29) is 29.3 Å². The molecule has 0 spiro atoms. The highest BCUT2D eigenvalue weighted by atomic mass is 19.1. The second-order valence-electron chi connectivity index (χ2n) is 7.71. The van der Waals surface area contributed by atoms with Gasteiger partial charge in [-0.1, -0.05) is 18.2 Å². The summed E-state index contributed by atoms with van der Waals surface area (Å²) in [6.45, 7) is 7.49. The Morgan fingerprint density at radius 3 is 2.43 bits per heavy atom. The van der Waals surface area contributed by atoms with E-state index in [1.165, 1.54) is 10.6 Å². The van der Waals surface area contributed by atoms with Gasteiger partial charge in [-0.05, 0) is 39.8 Å². The van der Waals surface area contributed by atoms with Crippen molar-refractivity contribution in [2.75, 3.05) is 0 Å². The first-order valence-corrected chi connectivity index (χ1v) is 9.69. The number of halogens is 1. The zero-order valence-electron chi connectivity index (χ0n) is 17.5. The molecule has 0 saturated carbocycles. The maximum atomic E-state index is 14.2. The second kappa shape index (κ2) is 7.08. The maximum Gasteiger partial charge on any atom is 0.332 e. The molecule has 0 N–H and O–H groups in total. The number of imidazole rings is 1. The average molecular weight is 410 g/mol. The highest BCUT2D eigenvalue weighted by Gasteiger charge is 2.24. The molecule has 0 aliphatic heterocycles. The van der Waals surface area contributed by atoms with Gasteiger partial charge in [0.05, 0.1) is 12.2 Å². The fourth-order valence-electron chi connectivity index (χ4n) is 3.73. The summed E-state index contributed by atoms with van der Waals surface area (Å²) in [7, 11) is 1.56. The van der Waals surface area contributed by atoms with Crippen molar-refractivity contribution in [3.8, 4) is 5.95 Å². The standard InChI is InChI=1S/C21H23FN6O2/c1-12(2)27-17-18(23-20(27)28-14(4)10-13(3)24-28)25(5)21(30)26(19(17)29)11-15-8-6-7-9-16(15)22/h6-10,12H,11H2,1-5H3. The van der Waals surface area contributed by atoms with E-state index in [1.807, 2.05) is 33.8 Å². The molecule has 4 rings (SSSR count). The van der Waals surface area contributed by atoms with Gasteiger partial charge in [0.1, 0.15) is 5.82 Å². The first-order chi connectivity index (χ1) is 14.2. The Balaban J connectivity index is 2.06. The third-order valence-electron chi connectivity index (χ3n) is 5.16. The summed E-state index contributed by atoms with van der Waals surface area (Å²) in [5, 5.41) is 4.49. The molecule has 0 atom stereocenters. The van der Waals surface area contributed by atoms with Gasteiger partial charge in [-0.2, -0.15) is 10.1 Å². The molecule has 0 aliphatic carbocycles. The monoisotopic (exact) mass is 410 g/mol. The first kappa shape index (κ1) is 19.8. The van der Waals surface area contributed by atoms with Crippen LogP contribution < -0.4 is 11.2 Å². The number of hydrogen-bond donors (Lipinski definition) is 0. The van der Waals surface area contributed by atoms with Crippen molar-refractivity contribution in [2.24, 2.45) is 7.05 Å². The molecule has 1 aromatic carbocycles. The van der Waals surface area contributed by atoms with Crippen LogP contribution in [0.2, 0.25) is 0 Å². The largest absolute Gasteiger partial charge is 0.332 e. The molecule has 0 bridgehead atoms. The van der Waals surface area contributed by atoms with Crippen LogP contribution in [0.15, 0.2) is 39.9 Å². The van der Waals surface area contributed by atoms with E-state index in [0.717, 1.165) is 16.0 Å². The lowest BCUT2D eigenvalue weighted by molar-refractivity contribution is 0.569. The van der Waals surface area contributed by atoms with Crippen LogP contribution in [-0.2, 0) is 13.6 Å². The summed E-state index contributed by atoms with van der Waals surface area (Å²) in [6, 6.07) is 7.90. The number of benzene rings is 1. The molecular weight excluding hydrogens is 387 g/mol. The van der Waals surface area contributed by atoms with Gasteiger partial charge in [0.15, 0.2) is 11.2 Å². The van der Waals surface area contributed by atoms with Crippen molar-refractivity contribution in [1.82, 2.24) is 28.5 Å². The van der Waals surface area contributed by atoms with Crippen molar-refractivity contribution in [3.05, 3.63) is 73.9 Å². The van der Waals surface area contributed by atoms with E-state index < -0.39 is 17.1 Å². The zero-order chi connectivity index (χ0) is 21.7. The number of aromatic nitrogens is 6. The smallest absolute Gasteiger partial charge is 0.300 e. The molecule has 0 unspecified atom stereocenters. The van der Waals surface area contributed by atoms with Gasteiger partial charge in [-0.15, -0.1) is 0 Å². The minimum absolute atomic E-state index is 0.124. The highest BCUT2D eigenvalue weighted by Crippen LogP contribution is 2.21. The molecule has 0 fully saturated rings. The Hall–Kier alpha value is -3.49. The number of rotatable bonds is 4. The van der Waals surface area contributed by atoms with Crippen molar-refractivity contribution < 1.29 is 4.39 Å². The molecule has 0 saturated heterocycles. The van der Waals surface area contributed by atoms with Crippen molar-refractivity contribution in [2.45, 2.75) is 40.3 Å². The van der Waals surface area contributed by atoms with Crippen LogP contribution in [0.1, 0.15) is 36.8 Å². The number of fused-ring (bicyclic) bond motifs is 1. The molecule has 30 heavy (non-hydrogen) atoms. The van der Waals surface area contributed by atoms with Gasteiger partial charge < -0.3 is 0 Å². The fourth-order valence-corrected chi connectivity index (χ4v) is 3.73. The van der Waals surface area contributed by atoms with E-state index in [4.69, 9.17) is 0 Å². The number of aryl methyl sites for hydroxylation is 3. The summed E-state index contributed by atoms with van der Waals surface area (Å²) in [4.78, 5) is 31.0. The molecule has 8 nitrogen and oxygen atoms in total. The van der Waals surface area contributed by atoms with Gasteiger partial charge >= 0.3 is 5.69 Å². The minimum Gasteiger partial charge on any atom is -0.300 e. The average Bonchev–Trinajstić information content (AvgIpc) is 3.24. The minimum atomic E-state index is -0.552. The molecule has 0 aliphatic rings.